The number of carbonyl (C=O) groups is 1. The maximum Gasteiger partial charge on any atom is 0.729 e. The molecule has 0 unspecified atom stereocenters. The molecule has 9 heteroatoms. The van der Waals surface area contributed by atoms with Crippen molar-refractivity contribution in [3.05, 3.63) is 0 Å². The average molecular weight is 408 g/mol. The largest absolute Gasteiger partial charge is 0.729 e. The van der Waals surface area contributed by atoms with Crippen LogP contribution in [-0.2, 0) is 23.9 Å². The number of hydrogen-bond acceptors (Lipinski definition) is 6. The van der Waals surface area contributed by atoms with Gasteiger partial charge in [-0.05, 0) is 6.42 Å². The quantitative estimate of drug-likeness (QED) is 0.183. The summed E-state index contributed by atoms with van der Waals surface area (Å²) in [5.74, 6) is -0.763. The SMILES string of the molecule is CCCCCCCCCCCCCCCCCC(=O)OB(O)OS(=O)(=O)O. The molecule has 0 saturated heterocycles. The van der Waals surface area contributed by atoms with Crippen LogP contribution in [0.4, 0.5) is 0 Å². The second-order valence-electron chi connectivity index (χ2n) is 7.02. The zero-order chi connectivity index (χ0) is 20.4. The van der Waals surface area contributed by atoms with E-state index in [0.717, 1.165) is 19.3 Å². The van der Waals surface area contributed by atoms with E-state index < -0.39 is 23.7 Å². The molecule has 0 aromatic rings. The first kappa shape index (κ1) is 26.4. The van der Waals surface area contributed by atoms with Crippen molar-refractivity contribution in [1.29, 1.82) is 0 Å². The van der Waals surface area contributed by atoms with Gasteiger partial charge in [0.05, 0.1) is 0 Å². The van der Waals surface area contributed by atoms with Gasteiger partial charge in [-0.25, -0.2) is 4.10 Å². The third-order valence-electron chi connectivity index (χ3n) is 4.42. The van der Waals surface area contributed by atoms with Crippen LogP contribution in [0.2, 0.25) is 0 Å². The molecule has 0 spiro atoms. The summed E-state index contributed by atoms with van der Waals surface area (Å²) in [4.78, 5) is 11.3. The molecule has 7 nitrogen and oxygen atoms in total. The minimum atomic E-state index is -4.85. The van der Waals surface area contributed by atoms with Gasteiger partial charge in [0.15, 0.2) is 0 Å². The monoisotopic (exact) mass is 408 g/mol. The molecule has 0 bridgehead atoms. The molecular formula is C18H37BO7S. The predicted octanol–water partition coefficient (Wildman–Crippen LogP) is 4.59. The first-order valence-electron chi connectivity index (χ1n) is 10.4. The number of hydrogen-bond donors (Lipinski definition) is 2. The van der Waals surface area contributed by atoms with Gasteiger partial charge in [0.2, 0.25) is 0 Å². The fourth-order valence-electron chi connectivity index (χ4n) is 2.94. The molecule has 2 N–H and O–H groups in total. The minimum Gasteiger partial charge on any atom is -0.484 e. The molecule has 0 aromatic heterocycles. The van der Waals surface area contributed by atoms with Gasteiger partial charge in [-0.2, -0.15) is 8.42 Å². The lowest BCUT2D eigenvalue weighted by Gasteiger charge is -2.06. The Hall–Kier alpha value is -0.635. The second-order valence-corrected chi connectivity index (χ2v) is 8.07. The van der Waals surface area contributed by atoms with Crippen LogP contribution in [0.15, 0.2) is 0 Å². The van der Waals surface area contributed by atoms with Gasteiger partial charge in [0.25, 0.3) is 5.97 Å². The molecule has 27 heavy (non-hydrogen) atoms. The molecule has 0 aliphatic carbocycles. The Morgan fingerprint density at radius 1 is 0.778 bits per heavy atom. The topological polar surface area (TPSA) is 110 Å². The van der Waals surface area contributed by atoms with Crippen molar-refractivity contribution < 1.29 is 31.5 Å². The molecule has 0 heterocycles. The average Bonchev–Trinajstić information content (AvgIpc) is 2.56. The van der Waals surface area contributed by atoms with Crippen LogP contribution >= 0.6 is 0 Å². The Bertz CT molecular complexity index is 457. The Kier molecular flexibility index (Phi) is 17.1. The molecule has 0 aliphatic heterocycles. The van der Waals surface area contributed by atoms with E-state index in [2.05, 4.69) is 15.7 Å². The smallest absolute Gasteiger partial charge is 0.484 e. The standard InChI is InChI=1S/C18H37BO7S/c1-2-3-4-5-6-7-8-9-10-11-12-13-14-15-16-17-18(20)25-19(21)26-27(22,23)24/h21H,2-17H2,1H3,(H,22,23,24). The lowest BCUT2D eigenvalue weighted by atomic mass is 10.0. The van der Waals surface area contributed by atoms with Crippen molar-refractivity contribution in [2.24, 2.45) is 0 Å². The summed E-state index contributed by atoms with van der Waals surface area (Å²) in [6.07, 6.45) is 18.4. The minimum absolute atomic E-state index is 0.0736. The molecule has 160 valence electrons. The Labute approximate surface area is 165 Å². The van der Waals surface area contributed by atoms with Gasteiger partial charge in [-0.3, -0.25) is 9.35 Å². The van der Waals surface area contributed by atoms with Gasteiger partial charge >= 0.3 is 17.7 Å². The van der Waals surface area contributed by atoms with Crippen molar-refractivity contribution in [3.8, 4) is 0 Å². The van der Waals surface area contributed by atoms with Crippen LogP contribution < -0.4 is 0 Å². The van der Waals surface area contributed by atoms with Crippen molar-refractivity contribution in [2.45, 2.75) is 110 Å². The third-order valence-corrected chi connectivity index (χ3v) is 4.83. The fraction of sp³-hybridized carbons (Fsp3) is 0.944. The second kappa shape index (κ2) is 17.5. The summed E-state index contributed by atoms with van der Waals surface area (Å²) in [6, 6.07) is 0. The van der Waals surface area contributed by atoms with E-state index in [9.17, 15) is 13.2 Å². The molecule has 0 saturated carbocycles. The van der Waals surface area contributed by atoms with Crippen molar-refractivity contribution in [3.63, 3.8) is 0 Å². The molecule has 0 rings (SSSR count). The van der Waals surface area contributed by atoms with Crippen LogP contribution in [-0.4, -0.2) is 31.3 Å². The summed E-state index contributed by atoms with van der Waals surface area (Å²) < 4.78 is 36.9. The zero-order valence-electron chi connectivity index (χ0n) is 16.7. The van der Waals surface area contributed by atoms with Gasteiger partial charge < -0.3 is 9.68 Å². The van der Waals surface area contributed by atoms with E-state index in [4.69, 9.17) is 9.58 Å². The van der Waals surface area contributed by atoms with Crippen molar-refractivity contribution in [1.82, 2.24) is 0 Å². The highest BCUT2D eigenvalue weighted by Gasteiger charge is 2.27. The first-order valence-corrected chi connectivity index (χ1v) is 11.7. The number of carbonyl (C=O) groups excluding carboxylic acids is 1. The van der Waals surface area contributed by atoms with Crippen LogP contribution in [0.1, 0.15) is 110 Å². The maximum absolute atomic E-state index is 11.3. The molecule has 0 atom stereocenters. The van der Waals surface area contributed by atoms with E-state index >= 15 is 0 Å². The van der Waals surface area contributed by atoms with E-state index in [-0.39, 0.29) is 6.42 Å². The molecule has 0 amide bonds. The predicted molar refractivity (Wildman–Crippen MR) is 106 cm³/mol. The maximum atomic E-state index is 11.3. The lowest BCUT2D eigenvalue weighted by molar-refractivity contribution is -0.136. The summed E-state index contributed by atoms with van der Waals surface area (Å²) in [6.45, 7) is 2.24. The highest BCUT2D eigenvalue weighted by molar-refractivity contribution is 7.81. The first-order chi connectivity index (χ1) is 12.8. The highest BCUT2D eigenvalue weighted by atomic mass is 32.3. The van der Waals surface area contributed by atoms with Crippen LogP contribution in [0.25, 0.3) is 0 Å². The lowest BCUT2D eigenvalue weighted by Crippen LogP contribution is -2.28. The van der Waals surface area contributed by atoms with E-state index in [1.807, 2.05) is 0 Å². The van der Waals surface area contributed by atoms with Crippen LogP contribution in [0, 0.1) is 0 Å². The van der Waals surface area contributed by atoms with E-state index in [0.29, 0.717) is 6.42 Å². The third kappa shape index (κ3) is 21.5. The van der Waals surface area contributed by atoms with Gasteiger partial charge in [-0.15, -0.1) is 0 Å². The number of rotatable bonds is 19. The Balaban J connectivity index is 3.30. The normalized spacial score (nSPS) is 11.5. The summed E-state index contributed by atoms with van der Waals surface area (Å²) in [5, 5.41) is 8.98. The van der Waals surface area contributed by atoms with Crippen molar-refractivity contribution in [2.75, 3.05) is 0 Å². The molecule has 0 fully saturated rings. The van der Waals surface area contributed by atoms with Gasteiger partial charge in [-0.1, -0.05) is 96.8 Å². The fourth-order valence-corrected chi connectivity index (χ4v) is 3.18. The summed E-state index contributed by atoms with van der Waals surface area (Å²) in [7, 11) is -7.15. The molecule has 0 aliphatic rings. The molecule has 0 aromatic carbocycles. The summed E-state index contributed by atoms with van der Waals surface area (Å²) >= 11 is 0. The van der Waals surface area contributed by atoms with Gasteiger partial charge in [0, 0.05) is 6.42 Å². The van der Waals surface area contributed by atoms with Crippen molar-refractivity contribution >= 4 is 23.7 Å². The van der Waals surface area contributed by atoms with Gasteiger partial charge in [0.1, 0.15) is 0 Å². The number of unbranched alkanes of at least 4 members (excludes halogenated alkanes) is 14. The molecule has 0 radical (unpaired) electrons. The Morgan fingerprint density at radius 3 is 1.52 bits per heavy atom. The zero-order valence-corrected chi connectivity index (χ0v) is 17.6. The van der Waals surface area contributed by atoms with Crippen LogP contribution in [0.5, 0.6) is 0 Å². The van der Waals surface area contributed by atoms with E-state index in [1.165, 1.54) is 70.6 Å². The summed E-state index contributed by atoms with van der Waals surface area (Å²) in [5.41, 5.74) is 0. The van der Waals surface area contributed by atoms with E-state index in [1.54, 1.807) is 0 Å². The van der Waals surface area contributed by atoms with Crippen LogP contribution in [0.3, 0.4) is 0 Å². The molecular weight excluding hydrogens is 371 g/mol. The highest BCUT2D eigenvalue weighted by Crippen LogP contribution is 2.13. The Morgan fingerprint density at radius 2 is 1.15 bits per heavy atom.